The van der Waals surface area contributed by atoms with Gasteiger partial charge in [-0.25, -0.2) is 4.68 Å². The molecule has 0 amide bonds. The van der Waals surface area contributed by atoms with Gasteiger partial charge in [0.05, 0.1) is 22.6 Å². The van der Waals surface area contributed by atoms with Crippen LogP contribution in [0.25, 0.3) is 21.8 Å². The van der Waals surface area contributed by atoms with Gasteiger partial charge in [0.1, 0.15) is 13.0 Å². The SMILES string of the molecule is Cc1cc(C(C=O)c2ccc3ccccc3n2)cc2cn(COCC[Si](C)(C)C)nc12. The number of nitrogens with zero attached hydrogens (tertiary/aromatic N) is 3. The molecule has 0 saturated carbocycles. The predicted molar refractivity (Wildman–Crippen MR) is 128 cm³/mol. The smallest absolute Gasteiger partial charge is 0.139 e. The number of pyridine rings is 1. The van der Waals surface area contributed by atoms with E-state index in [1.807, 2.05) is 66.3 Å². The molecule has 0 aliphatic carbocycles. The Hall–Kier alpha value is -2.83. The van der Waals surface area contributed by atoms with E-state index in [2.05, 4.69) is 24.7 Å². The van der Waals surface area contributed by atoms with E-state index >= 15 is 0 Å². The fourth-order valence-corrected chi connectivity index (χ4v) is 4.50. The van der Waals surface area contributed by atoms with E-state index in [0.717, 1.165) is 57.6 Å². The Labute approximate surface area is 184 Å². The topological polar surface area (TPSA) is 57.0 Å². The summed E-state index contributed by atoms with van der Waals surface area (Å²) in [6.45, 7) is 10.3. The van der Waals surface area contributed by atoms with Crippen molar-refractivity contribution >= 4 is 36.2 Å². The molecule has 1 unspecified atom stereocenters. The minimum atomic E-state index is -1.10. The Kier molecular flexibility index (Phi) is 6.02. The van der Waals surface area contributed by atoms with E-state index in [1.165, 1.54) is 0 Å². The quantitative estimate of drug-likeness (QED) is 0.209. The Morgan fingerprint density at radius 1 is 1.10 bits per heavy atom. The molecule has 2 aromatic carbocycles. The third-order valence-corrected chi connectivity index (χ3v) is 7.23. The molecule has 31 heavy (non-hydrogen) atoms. The van der Waals surface area contributed by atoms with Crippen molar-refractivity contribution in [2.45, 2.75) is 45.3 Å². The molecule has 4 aromatic rings. The number of aryl methyl sites for hydroxylation is 1. The molecule has 0 spiro atoms. The summed E-state index contributed by atoms with van der Waals surface area (Å²) in [5.41, 5.74) is 4.57. The lowest BCUT2D eigenvalue weighted by Gasteiger charge is -2.15. The van der Waals surface area contributed by atoms with Crippen LogP contribution < -0.4 is 0 Å². The highest BCUT2D eigenvalue weighted by atomic mass is 28.3. The summed E-state index contributed by atoms with van der Waals surface area (Å²) in [6, 6.07) is 17.1. The van der Waals surface area contributed by atoms with Gasteiger partial charge in [-0.3, -0.25) is 4.98 Å². The summed E-state index contributed by atoms with van der Waals surface area (Å²) in [6.07, 6.45) is 2.97. The molecule has 0 fully saturated rings. The second-order valence-electron chi connectivity index (χ2n) is 9.33. The molecule has 0 N–H and O–H groups in total. The molecule has 5 nitrogen and oxygen atoms in total. The largest absolute Gasteiger partial charge is 0.360 e. The Morgan fingerprint density at radius 3 is 2.68 bits per heavy atom. The van der Waals surface area contributed by atoms with E-state index < -0.39 is 14.0 Å². The molecule has 160 valence electrons. The number of aldehydes is 1. The lowest BCUT2D eigenvalue weighted by molar-refractivity contribution is -0.108. The van der Waals surface area contributed by atoms with Gasteiger partial charge in [0.15, 0.2) is 0 Å². The highest BCUT2D eigenvalue weighted by Crippen LogP contribution is 2.28. The van der Waals surface area contributed by atoms with Crippen LogP contribution in [-0.4, -0.2) is 35.7 Å². The summed E-state index contributed by atoms with van der Waals surface area (Å²) in [5, 5.41) is 6.76. The summed E-state index contributed by atoms with van der Waals surface area (Å²) in [4.78, 5) is 16.8. The van der Waals surface area contributed by atoms with Crippen LogP contribution in [0.1, 0.15) is 22.7 Å². The molecule has 2 aromatic heterocycles. The van der Waals surface area contributed by atoms with Gasteiger partial charge >= 0.3 is 0 Å². The maximum absolute atomic E-state index is 12.1. The lowest BCUT2D eigenvalue weighted by Crippen LogP contribution is -2.22. The van der Waals surface area contributed by atoms with Crippen molar-refractivity contribution in [3.8, 4) is 0 Å². The van der Waals surface area contributed by atoms with Gasteiger partial charge in [0.25, 0.3) is 0 Å². The Morgan fingerprint density at radius 2 is 1.90 bits per heavy atom. The van der Waals surface area contributed by atoms with Crippen molar-refractivity contribution < 1.29 is 9.53 Å². The van der Waals surface area contributed by atoms with E-state index in [4.69, 9.17) is 9.72 Å². The third kappa shape index (κ3) is 4.92. The first kappa shape index (κ1) is 21.4. The number of fused-ring (bicyclic) bond motifs is 2. The van der Waals surface area contributed by atoms with Crippen LogP contribution in [0.4, 0.5) is 0 Å². The highest BCUT2D eigenvalue weighted by molar-refractivity contribution is 6.76. The van der Waals surface area contributed by atoms with Crippen LogP contribution in [0.5, 0.6) is 0 Å². The standard InChI is InChI=1S/C25H29N3O2Si/c1-18-13-20(22(16-29)24-10-9-19-7-5-6-8-23(19)26-24)14-21-15-28(27-25(18)21)17-30-11-12-31(2,3)4/h5-10,13-16,22H,11-12,17H2,1-4H3. The predicted octanol–water partition coefficient (Wildman–Crippen LogP) is 5.54. The summed E-state index contributed by atoms with van der Waals surface area (Å²) >= 11 is 0. The van der Waals surface area contributed by atoms with Crippen molar-refractivity contribution in [3.63, 3.8) is 0 Å². The van der Waals surface area contributed by atoms with Crippen molar-refractivity contribution in [3.05, 3.63) is 71.5 Å². The molecule has 0 saturated heterocycles. The third-order valence-electron chi connectivity index (χ3n) is 5.52. The fourth-order valence-electron chi connectivity index (χ4n) is 3.74. The second kappa shape index (κ2) is 8.73. The van der Waals surface area contributed by atoms with E-state index in [0.29, 0.717) is 6.73 Å². The molecule has 1 atom stereocenters. The molecule has 0 aliphatic rings. The number of hydrogen-bond donors (Lipinski definition) is 0. The number of hydrogen-bond acceptors (Lipinski definition) is 4. The molecule has 0 bridgehead atoms. The Bertz CT molecular complexity index is 1230. The van der Waals surface area contributed by atoms with E-state index in [1.54, 1.807) is 0 Å². The lowest BCUT2D eigenvalue weighted by atomic mass is 9.93. The number of para-hydroxylation sites is 1. The molecule has 0 aliphatic heterocycles. The van der Waals surface area contributed by atoms with Gasteiger partial charge in [-0.2, -0.15) is 5.10 Å². The molecular weight excluding hydrogens is 402 g/mol. The average molecular weight is 432 g/mol. The fraction of sp³-hybridized carbons (Fsp3) is 0.320. The number of ether oxygens (including phenoxy) is 1. The number of benzene rings is 2. The molecule has 4 rings (SSSR count). The van der Waals surface area contributed by atoms with Crippen molar-refractivity contribution in [1.29, 1.82) is 0 Å². The number of carbonyl (C=O) groups is 1. The number of carbonyl (C=O) groups excluding carboxylic acids is 1. The van der Waals surface area contributed by atoms with Crippen LogP contribution in [0.2, 0.25) is 25.7 Å². The van der Waals surface area contributed by atoms with Crippen molar-refractivity contribution in [2.75, 3.05) is 6.61 Å². The first-order chi connectivity index (χ1) is 14.8. The zero-order chi connectivity index (χ0) is 22.0. The van der Waals surface area contributed by atoms with Gasteiger partial charge in [0, 0.05) is 31.7 Å². The van der Waals surface area contributed by atoms with Gasteiger partial charge < -0.3 is 9.53 Å². The van der Waals surface area contributed by atoms with Crippen LogP contribution in [0.15, 0.2) is 54.7 Å². The highest BCUT2D eigenvalue weighted by Gasteiger charge is 2.18. The zero-order valence-electron chi connectivity index (χ0n) is 18.6. The molecular formula is C25H29N3O2Si. The van der Waals surface area contributed by atoms with Gasteiger partial charge in [-0.05, 0) is 42.3 Å². The first-order valence-electron chi connectivity index (χ1n) is 10.7. The normalized spacial score (nSPS) is 13.0. The number of aromatic nitrogens is 3. The van der Waals surface area contributed by atoms with Gasteiger partial charge in [-0.15, -0.1) is 0 Å². The van der Waals surface area contributed by atoms with Crippen LogP contribution in [-0.2, 0) is 16.3 Å². The maximum atomic E-state index is 12.1. The molecule has 0 radical (unpaired) electrons. The molecule has 6 heteroatoms. The maximum Gasteiger partial charge on any atom is 0.139 e. The summed E-state index contributed by atoms with van der Waals surface area (Å²) in [7, 11) is -1.10. The zero-order valence-corrected chi connectivity index (χ0v) is 19.6. The van der Waals surface area contributed by atoms with Crippen LogP contribution >= 0.6 is 0 Å². The van der Waals surface area contributed by atoms with E-state index in [-0.39, 0.29) is 0 Å². The second-order valence-corrected chi connectivity index (χ2v) is 15.0. The minimum Gasteiger partial charge on any atom is -0.360 e. The van der Waals surface area contributed by atoms with Gasteiger partial charge in [-0.1, -0.05) is 50.0 Å². The first-order valence-corrected chi connectivity index (χ1v) is 14.4. The monoisotopic (exact) mass is 431 g/mol. The Balaban J connectivity index is 1.59. The van der Waals surface area contributed by atoms with Crippen LogP contribution in [0.3, 0.4) is 0 Å². The minimum absolute atomic E-state index is 0.413. The molecule has 2 heterocycles. The average Bonchev–Trinajstić information content (AvgIpc) is 3.15. The van der Waals surface area contributed by atoms with Crippen molar-refractivity contribution in [2.24, 2.45) is 0 Å². The number of rotatable bonds is 8. The summed E-state index contributed by atoms with van der Waals surface area (Å²) < 4.78 is 7.69. The van der Waals surface area contributed by atoms with Crippen LogP contribution in [0, 0.1) is 6.92 Å². The van der Waals surface area contributed by atoms with Crippen molar-refractivity contribution in [1.82, 2.24) is 14.8 Å². The van der Waals surface area contributed by atoms with Gasteiger partial charge in [0.2, 0.25) is 0 Å². The van der Waals surface area contributed by atoms with E-state index in [9.17, 15) is 4.79 Å². The summed E-state index contributed by atoms with van der Waals surface area (Å²) in [5.74, 6) is -0.413.